The monoisotopic (exact) mass is 556 g/mol. The average molecular weight is 557 g/mol. The maximum atomic E-state index is 14.0. The predicted octanol–water partition coefficient (Wildman–Crippen LogP) is 4.83. The van der Waals surface area contributed by atoms with Crippen molar-refractivity contribution in [2.75, 3.05) is 5.32 Å². The summed E-state index contributed by atoms with van der Waals surface area (Å²) < 4.78 is 1.47. The molecule has 0 saturated carbocycles. The number of pyridine rings is 1. The van der Waals surface area contributed by atoms with Gasteiger partial charge in [0.15, 0.2) is 0 Å². The lowest BCUT2D eigenvalue weighted by molar-refractivity contribution is -0.118. The van der Waals surface area contributed by atoms with Crippen LogP contribution < -0.4 is 16.2 Å². The molecule has 208 valence electrons. The molecule has 3 aromatic carbocycles. The minimum Gasteiger partial charge on any atom is -0.357 e. The fourth-order valence-electron chi connectivity index (χ4n) is 5.27. The van der Waals surface area contributed by atoms with E-state index in [0.717, 1.165) is 27.6 Å². The van der Waals surface area contributed by atoms with Gasteiger partial charge in [0.2, 0.25) is 5.91 Å². The molecule has 0 bridgehead atoms. The number of rotatable bonds is 8. The first-order valence-electron chi connectivity index (χ1n) is 13.5. The second kappa shape index (κ2) is 11.4. The van der Waals surface area contributed by atoms with Crippen molar-refractivity contribution < 1.29 is 9.59 Å². The first kappa shape index (κ1) is 26.5. The molecule has 2 amide bonds. The van der Waals surface area contributed by atoms with Crippen LogP contribution in [0.4, 0.5) is 5.69 Å². The standard InChI is InChI=1S/C33H28N6O3/c1-39-27(17-19-36-39)31(40)38-30(28(22-8-4-2-5-9-22)23-10-6-3-7-11-23)33(42)37-24-14-12-21(13-15-24)26-20-35-32(41)29-25(26)16-18-34-29/h2-20,28,30,34H,1H3,(H,35,41)(H,37,42)(H,38,40). The summed E-state index contributed by atoms with van der Waals surface area (Å²) >= 11 is 0. The van der Waals surface area contributed by atoms with Crippen molar-refractivity contribution in [1.29, 1.82) is 0 Å². The van der Waals surface area contributed by atoms with Crippen molar-refractivity contribution in [2.45, 2.75) is 12.0 Å². The van der Waals surface area contributed by atoms with E-state index >= 15 is 0 Å². The lowest BCUT2D eigenvalue weighted by Gasteiger charge is -2.28. The third-order valence-electron chi connectivity index (χ3n) is 7.35. The largest absolute Gasteiger partial charge is 0.357 e. The van der Waals surface area contributed by atoms with Crippen LogP contribution in [0, 0.1) is 0 Å². The van der Waals surface area contributed by atoms with Crippen molar-refractivity contribution in [3.63, 3.8) is 0 Å². The van der Waals surface area contributed by atoms with Gasteiger partial charge in [0.1, 0.15) is 17.3 Å². The number of nitrogens with one attached hydrogen (secondary N) is 4. The van der Waals surface area contributed by atoms with Crippen LogP contribution in [0.3, 0.4) is 0 Å². The number of amides is 2. The molecule has 0 spiro atoms. The van der Waals surface area contributed by atoms with Gasteiger partial charge in [-0.2, -0.15) is 5.10 Å². The number of aryl methyl sites for hydroxylation is 1. The molecule has 3 aromatic heterocycles. The normalized spacial score (nSPS) is 11.9. The molecule has 6 aromatic rings. The smallest absolute Gasteiger partial charge is 0.272 e. The van der Waals surface area contributed by atoms with E-state index in [-0.39, 0.29) is 11.5 Å². The summed E-state index contributed by atoms with van der Waals surface area (Å²) in [6, 6.07) is 29.2. The van der Waals surface area contributed by atoms with E-state index in [1.807, 2.05) is 78.9 Å². The van der Waals surface area contributed by atoms with E-state index in [9.17, 15) is 14.4 Å². The molecule has 0 aliphatic carbocycles. The van der Waals surface area contributed by atoms with E-state index in [0.29, 0.717) is 16.9 Å². The van der Waals surface area contributed by atoms with Gasteiger partial charge in [0, 0.05) is 48.2 Å². The zero-order valence-electron chi connectivity index (χ0n) is 22.7. The number of hydrogen-bond donors (Lipinski definition) is 4. The Bertz CT molecular complexity index is 1870. The summed E-state index contributed by atoms with van der Waals surface area (Å²) in [7, 11) is 1.68. The van der Waals surface area contributed by atoms with Crippen LogP contribution in [0.2, 0.25) is 0 Å². The number of fused-ring (bicyclic) bond motifs is 1. The highest BCUT2D eigenvalue weighted by atomic mass is 16.2. The molecular weight excluding hydrogens is 528 g/mol. The van der Waals surface area contributed by atoms with Crippen LogP contribution in [0.25, 0.3) is 22.0 Å². The Morgan fingerprint density at radius 2 is 1.50 bits per heavy atom. The highest BCUT2D eigenvalue weighted by Crippen LogP contribution is 2.30. The van der Waals surface area contributed by atoms with Gasteiger partial charge in [-0.25, -0.2) is 0 Å². The molecule has 0 aliphatic rings. The molecule has 0 fully saturated rings. The Balaban J connectivity index is 1.34. The molecular formula is C33H28N6O3. The summed E-state index contributed by atoms with van der Waals surface area (Å²) in [5.74, 6) is -1.24. The van der Waals surface area contributed by atoms with Crippen LogP contribution in [0.15, 0.2) is 120 Å². The van der Waals surface area contributed by atoms with Crippen molar-refractivity contribution in [1.82, 2.24) is 25.1 Å². The minimum absolute atomic E-state index is 0.187. The SMILES string of the molecule is Cn1nccc1C(=O)NC(C(=O)Nc1ccc(-c2c[nH]c(=O)c3[nH]ccc23)cc1)C(c1ccccc1)c1ccccc1. The number of benzene rings is 3. The molecule has 1 atom stereocenters. The van der Waals surface area contributed by atoms with Gasteiger partial charge in [-0.05, 0) is 41.0 Å². The Kier molecular flexibility index (Phi) is 7.21. The number of nitrogens with zero attached hydrogens (tertiary/aromatic N) is 2. The Hall–Kier alpha value is -5.70. The van der Waals surface area contributed by atoms with E-state index < -0.39 is 17.9 Å². The van der Waals surface area contributed by atoms with Crippen LogP contribution in [-0.2, 0) is 11.8 Å². The van der Waals surface area contributed by atoms with Crippen molar-refractivity contribution >= 4 is 28.4 Å². The summed E-state index contributed by atoms with van der Waals surface area (Å²) in [6.45, 7) is 0. The topological polar surface area (TPSA) is 125 Å². The first-order valence-corrected chi connectivity index (χ1v) is 13.5. The fraction of sp³-hybridized carbons (Fsp3) is 0.0909. The fourth-order valence-corrected chi connectivity index (χ4v) is 5.27. The molecule has 0 saturated heterocycles. The Labute approximate surface area is 241 Å². The summed E-state index contributed by atoms with van der Waals surface area (Å²) in [4.78, 5) is 45.3. The lowest BCUT2D eigenvalue weighted by Crippen LogP contribution is -2.48. The number of carbonyl (C=O) groups is 2. The van der Waals surface area contributed by atoms with Gasteiger partial charge >= 0.3 is 0 Å². The van der Waals surface area contributed by atoms with Crippen LogP contribution >= 0.6 is 0 Å². The van der Waals surface area contributed by atoms with Crippen LogP contribution in [-0.4, -0.2) is 37.6 Å². The Morgan fingerprint density at radius 1 is 0.833 bits per heavy atom. The van der Waals surface area contributed by atoms with Crippen LogP contribution in [0.1, 0.15) is 27.5 Å². The van der Waals surface area contributed by atoms with Crippen LogP contribution in [0.5, 0.6) is 0 Å². The lowest BCUT2D eigenvalue weighted by atomic mass is 9.84. The number of H-pyrrole nitrogens is 2. The van der Waals surface area contributed by atoms with Gasteiger partial charge in [0.05, 0.1) is 0 Å². The molecule has 9 nitrogen and oxygen atoms in total. The Morgan fingerprint density at radius 3 is 2.12 bits per heavy atom. The molecule has 6 rings (SSSR count). The molecule has 0 aliphatic heterocycles. The molecule has 9 heteroatoms. The second-order valence-corrected chi connectivity index (χ2v) is 9.95. The van der Waals surface area contributed by atoms with Crippen molar-refractivity contribution in [3.05, 3.63) is 143 Å². The van der Waals surface area contributed by atoms with E-state index in [2.05, 4.69) is 25.7 Å². The van der Waals surface area contributed by atoms with Gasteiger partial charge in [-0.3, -0.25) is 19.1 Å². The molecule has 1 unspecified atom stereocenters. The summed E-state index contributed by atoms with van der Waals surface area (Å²) in [5, 5.41) is 10.9. The van der Waals surface area contributed by atoms with E-state index in [4.69, 9.17) is 0 Å². The number of aromatic amines is 2. The van der Waals surface area contributed by atoms with E-state index in [1.54, 1.807) is 43.8 Å². The third kappa shape index (κ3) is 5.23. The van der Waals surface area contributed by atoms with Gasteiger partial charge in [0.25, 0.3) is 11.5 Å². The molecule has 4 N–H and O–H groups in total. The zero-order valence-corrected chi connectivity index (χ0v) is 22.7. The number of hydrogen-bond acceptors (Lipinski definition) is 4. The quantitative estimate of drug-likeness (QED) is 0.214. The van der Waals surface area contributed by atoms with Crippen molar-refractivity contribution in [3.8, 4) is 11.1 Å². The van der Waals surface area contributed by atoms with Gasteiger partial charge in [-0.15, -0.1) is 0 Å². The average Bonchev–Trinajstić information content (AvgIpc) is 3.69. The molecule has 0 radical (unpaired) electrons. The predicted molar refractivity (Wildman–Crippen MR) is 162 cm³/mol. The second-order valence-electron chi connectivity index (χ2n) is 9.95. The number of anilines is 1. The number of aromatic nitrogens is 4. The highest BCUT2D eigenvalue weighted by molar-refractivity contribution is 6.02. The third-order valence-corrected chi connectivity index (χ3v) is 7.35. The maximum absolute atomic E-state index is 14.0. The minimum atomic E-state index is -0.949. The summed E-state index contributed by atoms with van der Waals surface area (Å²) in [5.41, 5.74) is 4.74. The molecule has 3 heterocycles. The first-order chi connectivity index (χ1) is 20.5. The summed E-state index contributed by atoms with van der Waals surface area (Å²) in [6.07, 6.45) is 4.95. The zero-order chi connectivity index (χ0) is 29.1. The van der Waals surface area contributed by atoms with Gasteiger partial charge in [-0.1, -0.05) is 72.8 Å². The van der Waals surface area contributed by atoms with Crippen molar-refractivity contribution in [2.24, 2.45) is 7.05 Å². The highest BCUT2D eigenvalue weighted by Gasteiger charge is 2.33. The number of carbonyl (C=O) groups excluding carboxylic acids is 2. The van der Waals surface area contributed by atoms with E-state index in [1.165, 1.54) is 4.68 Å². The molecule has 42 heavy (non-hydrogen) atoms. The van der Waals surface area contributed by atoms with Gasteiger partial charge < -0.3 is 20.6 Å². The maximum Gasteiger partial charge on any atom is 0.272 e.